The van der Waals surface area contributed by atoms with Gasteiger partial charge in [-0.15, -0.1) is 0 Å². The second kappa shape index (κ2) is 2.47. The van der Waals surface area contributed by atoms with E-state index in [1.807, 2.05) is 22.9 Å². The third-order valence-corrected chi connectivity index (χ3v) is 2.36. The highest BCUT2D eigenvalue weighted by atomic mass is 32.1. The molecule has 2 rings (SSSR count). The van der Waals surface area contributed by atoms with Crippen molar-refractivity contribution >= 4 is 22.1 Å². The summed E-state index contributed by atoms with van der Waals surface area (Å²) < 4.78 is 0. The summed E-state index contributed by atoms with van der Waals surface area (Å²) >= 11 is 1.65. The fourth-order valence-electron chi connectivity index (χ4n) is 0.987. The first kappa shape index (κ1) is 6.55. The van der Waals surface area contributed by atoms with Crippen molar-refractivity contribution in [2.45, 2.75) is 0 Å². The molecule has 0 unspecified atom stereocenters. The first-order valence-corrected chi connectivity index (χ1v) is 4.27. The van der Waals surface area contributed by atoms with Gasteiger partial charge in [-0.1, -0.05) is 0 Å². The first-order valence-electron chi connectivity index (χ1n) is 3.32. The molecule has 0 N–H and O–H groups in total. The van der Waals surface area contributed by atoms with Gasteiger partial charge in [0.05, 0.1) is 0 Å². The van der Waals surface area contributed by atoms with Crippen LogP contribution >= 0.6 is 11.3 Å². The summed E-state index contributed by atoms with van der Waals surface area (Å²) in [5, 5.41) is 6.35. The first-order chi connectivity index (χ1) is 5.36. The van der Waals surface area contributed by atoms with Crippen molar-refractivity contribution in [1.29, 1.82) is 0 Å². The number of hydrogen-bond donors (Lipinski definition) is 0. The molecule has 0 aliphatic heterocycles. The molecule has 0 spiro atoms. The lowest BCUT2D eigenvalue weighted by Gasteiger charge is -1.73. The molecule has 0 radical (unpaired) electrons. The molecule has 0 bridgehead atoms. The van der Waals surface area contributed by atoms with Crippen molar-refractivity contribution in [1.82, 2.24) is 0 Å². The van der Waals surface area contributed by atoms with Crippen LogP contribution in [0.4, 0.5) is 0 Å². The molecule has 1 aromatic carbocycles. The van der Waals surface area contributed by atoms with Crippen LogP contribution in [-0.4, -0.2) is 0 Å². The molecule has 0 amide bonds. The number of rotatable bonds is 0. The Morgan fingerprint density at radius 1 is 0.909 bits per heavy atom. The van der Waals surface area contributed by atoms with Gasteiger partial charge in [0, 0.05) is 0 Å². The zero-order chi connectivity index (χ0) is 7.68. The monoisotopic (exact) mass is 162 g/mol. The zero-order valence-corrected chi connectivity index (χ0v) is 6.60. The lowest BCUT2D eigenvalue weighted by Crippen LogP contribution is -1.87. The van der Waals surface area contributed by atoms with Crippen molar-refractivity contribution < 1.29 is 0 Å². The van der Waals surface area contributed by atoms with E-state index in [-0.39, 0.29) is 5.43 Å². The van der Waals surface area contributed by atoms with E-state index in [1.54, 1.807) is 23.5 Å². The summed E-state index contributed by atoms with van der Waals surface area (Å²) in [7, 11) is 0. The van der Waals surface area contributed by atoms with Crippen molar-refractivity contribution in [3.63, 3.8) is 0 Å². The van der Waals surface area contributed by atoms with E-state index in [9.17, 15) is 4.79 Å². The molecule has 0 saturated carbocycles. The van der Waals surface area contributed by atoms with Crippen LogP contribution in [0.5, 0.6) is 0 Å². The minimum atomic E-state index is 0.0613. The quantitative estimate of drug-likeness (QED) is 0.580. The number of hydrogen-bond acceptors (Lipinski definition) is 2. The topological polar surface area (TPSA) is 17.1 Å². The third-order valence-electron chi connectivity index (χ3n) is 1.58. The molecule has 11 heavy (non-hydrogen) atoms. The molecule has 1 aromatic heterocycles. The fourth-order valence-corrected chi connectivity index (χ4v) is 1.78. The van der Waals surface area contributed by atoms with Crippen LogP contribution in [0.2, 0.25) is 0 Å². The Labute approximate surface area is 67.9 Å². The zero-order valence-electron chi connectivity index (χ0n) is 5.78. The summed E-state index contributed by atoms with van der Waals surface area (Å²) in [5.41, 5.74) is 0.0613. The van der Waals surface area contributed by atoms with Crippen LogP contribution < -0.4 is 5.43 Å². The Morgan fingerprint density at radius 2 is 1.45 bits per heavy atom. The van der Waals surface area contributed by atoms with Crippen molar-refractivity contribution in [3.8, 4) is 0 Å². The average molecular weight is 162 g/mol. The predicted octanol–water partition coefficient (Wildman–Crippen LogP) is 2.26. The number of fused-ring (bicyclic) bond motifs is 1. The molecule has 0 atom stereocenters. The summed E-state index contributed by atoms with van der Waals surface area (Å²) in [4.78, 5) is 10.9. The van der Waals surface area contributed by atoms with Crippen LogP contribution in [0, 0.1) is 0 Å². The molecule has 0 fully saturated rings. The third kappa shape index (κ3) is 1.17. The molecule has 54 valence electrons. The smallest absolute Gasteiger partial charge is 0.178 e. The molecule has 0 aliphatic carbocycles. The second-order valence-corrected chi connectivity index (χ2v) is 3.10. The van der Waals surface area contributed by atoms with Gasteiger partial charge in [0.15, 0.2) is 5.43 Å². The minimum absolute atomic E-state index is 0.0613. The molecular formula is C9H6OS. The van der Waals surface area contributed by atoms with Gasteiger partial charge >= 0.3 is 0 Å². The molecule has 0 aliphatic rings. The van der Waals surface area contributed by atoms with Crippen molar-refractivity contribution in [2.75, 3.05) is 0 Å². The Hall–Kier alpha value is -1.15. The predicted molar refractivity (Wildman–Crippen MR) is 48.1 cm³/mol. The highest BCUT2D eigenvalue weighted by Gasteiger charge is 1.89. The van der Waals surface area contributed by atoms with Crippen LogP contribution in [0.1, 0.15) is 0 Å². The summed E-state index contributed by atoms with van der Waals surface area (Å²) in [6.07, 6.45) is 0. The molecule has 1 heterocycles. The van der Waals surface area contributed by atoms with E-state index in [2.05, 4.69) is 0 Å². The minimum Gasteiger partial charge on any atom is -0.290 e. The summed E-state index contributed by atoms with van der Waals surface area (Å²) in [6, 6.07) is 6.90. The van der Waals surface area contributed by atoms with Gasteiger partial charge in [0.2, 0.25) is 0 Å². The Kier molecular flexibility index (Phi) is 1.47. The molecule has 0 saturated heterocycles. The lowest BCUT2D eigenvalue weighted by molar-refractivity contribution is 1.68. The largest absolute Gasteiger partial charge is 0.290 e. The maximum atomic E-state index is 10.9. The highest BCUT2D eigenvalue weighted by molar-refractivity contribution is 7.09. The maximum absolute atomic E-state index is 10.9. The highest BCUT2D eigenvalue weighted by Crippen LogP contribution is 2.15. The Balaban J connectivity index is 2.96. The normalized spacial score (nSPS) is 10.2. The van der Waals surface area contributed by atoms with E-state index < -0.39 is 0 Å². The van der Waals surface area contributed by atoms with Gasteiger partial charge in [-0.05, 0) is 45.8 Å². The standard InChI is InChI=1S/C9H6OS/c10-9-3-1-7-5-11-6-8(7)2-4-9/h1-6H. The van der Waals surface area contributed by atoms with Gasteiger partial charge in [0.1, 0.15) is 0 Å². The maximum Gasteiger partial charge on any atom is 0.178 e. The van der Waals surface area contributed by atoms with Crippen LogP contribution in [0.15, 0.2) is 39.8 Å². The van der Waals surface area contributed by atoms with Gasteiger partial charge in [-0.3, -0.25) is 4.79 Å². The SMILES string of the molecule is O=c1ccc2cscc2cc1. The second-order valence-electron chi connectivity index (χ2n) is 2.35. The molecule has 1 nitrogen and oxygen atoms in total. The van der Waals surface area contributed by atoms with E-state index in [4.69, 9.17) is 0 Å². The van der Waals surface area contributed by atoms with Crippen LogP contribution in [0.25, 0.3) is 10.8 Å². The lowest BCUT2D eigenvalue weighted by atomic mass is 10.3. The van der Waals surface area contributed by atoms with E-state index in [0.717, 1.165) is 10.8 Å². The van der Waals surface area contributed by atoms with Crippen LogP contribution in [0.3, 0.4) is 0 Å². The molecule has 2 heteroatoms. The van der Waals surface area contributed by atoms with E-state index >= 15 is 0 Å². The summed E-state index contributed by atoms with van der Waals surface area (Å²) in [5.74, 6) is 0. The Morgan fingerprint density at radius 3 is 2.00 bits per heavy atom. The summed E-state index contributed by atoms with van der Waals surface area (Å²) in [6.45, 7) is 0. The fraction of sp³-hybridized carbons (Fsp3) is 0. The van der Waals surface area contributed by atoms with Gasteiger partial charge in [-0.25, -0.2) is 0 Å². The van der Waals surface area contributed by atoms with Crippen molar-refractivity contribution in [2.24, 2.45) is 0 Å². The molecular weight excluding hydrogens is 156 g/mol. The average Bonchev–Trinajstić information content (AvgIpc) is 2.38. The van der Waals surface area contributed by atoms with E-state index in [1.165, 1.54) is 0 Å². The van der Waals surface area contributed by atoms with Gasteiger partial charge < -0.3 is 0 Å². The number of thiophene rings is 1. The van der Waals surface area contributed by atoms with Crippen molar-refractivity contribution in [3.05, 3.63) is 45.2 Å². The molecule has 2 aromatic rings. The van der Waals surface area contributed by atoms with Gasteiger partial charge in [0.25, 0.3) is 0 Å². The Bertz CT molecular complexity index is 394. The van der Waals surface area contributed by atoms with E-state index in [0.29, 0.717) is 0 Å². The van der Waals surface area contributed by atoms with Gasteiger partial charge in [-0.2, -0.15) is 11.3 Å². The van der Waals surface area contributed by atoms with Crippen LogP contribution in [-0.2, 0) is 0 Å².